The van der Waals surface area contributed by atoms with Crippen molar-refractivity contribution in [2.45, 2.75) is 45.6 Å². The first-order valence-corrected chi connectivity index (χ1v) is 6.50. The highest BCUT2D eigenvalue weighted by Gasteiger charge is 2.12. The normalized spacial score (nSPS) is 12.2. The highest BCUT2D eigenvalue weighted by Crippen LogP contribution is 2.29. The summed E-state index contributed by atoms with van der Waals surface area (Å²) in [7, 11) is 1.64. The van der Waals surface area contributed by atoms with E-state index in [1.54, 1.807) is 7.11 Å². The van der Waals surface area contributed by atoms with Crippen molar-refractivity contribution in [3.8, 4) is 5.75 Å². The lowest BCUT2D eigenvalue weighted by Gasteiger charge is -2.15. The molecular weight excluding hydrogens is 244 g/mol. The van der Waals surface area contributed by atoms with Crippen LogP contribution in [0.25, 0.3) is 0 Å². The molecule has 1 rings (SSSR count). The molecule has 0 aliphatic carbocycles. The highest BCUT2D eigenvalue weighted by atomic mass is 16.5. The van der Waals surface area contributed by atoms with Gasteiger partial charge >= 0.3 is 5.97 Å². The van der Waals surface area contributed by atoms with Gasteiger partial charge in [0.15, 0.2) is 0 Å². The molecule has 4 heteroatoms. The zero-order valence-electron chi connectivity index (χ0n) is 11.8. The van der Waals surface area contributed by atoms with Gasteiger partial charge < -0.3 is 14.9 Å². The van der Waals surface area contributed by atoms with Crippen molar-refractivity contribution in [1.82, 2.24) is 0 Å². The Balaban J connectivity index is 2.62. The zero-order chi connectivity index (χ0) is 14.4. The number of aliphatic hydroxyl groups excluding tert-OH is 1. The number of hydrogen-bond donors (Lipinski definition) is 2. The molecule has 0 saturated heterocycles. The van der Waals surface area contributed by atoms with Crippen molar-refractivity contribution in [1.29, 1.82) is 0 Å². The molecule has 4 nitrogen and oxygen atoms in total. The van der Waals surface area contributed by atoms with Crippen LogP contribution in [0.15, 0.2) is 12.1 Å². The van der Waals surface area contributed by atoms with Gasteiger partial charge in [0.2, 0.25) is 0 Å². The van der Waals surface area contributed by atoms with Crippen LogP contribution in [0.2, 0.25) is 0 Å². The fourth-order valence-corrected chi connectivity index (χ4v) is 2.28. The van der Waals surface area contributed by atoms with Crippen molar-refractivity contribution in [2.24, 2.45) is 0 Å². The maximum absolute atomic E-state index is 10.4. The summed E-state index contributed by atoms with van der Waals surface area (Å²) in [4.78, 5) is 10.4. The average molecular weight is 266 g/mol. The van der Waals surface area contributed by atoms with Gasteiger partial charge in [0.05, 0.1) is 13.2 Å². The van der Waals surface area contributed by atoms with Crippen molar-refractivity contribution < 1.29 is 19.7 Å². The van der Waals surface area contributed by atoms with Gasteiger partial charge in [-0.2, -0.15) is 0 Å². The van der Waals surface area contributed by atoms with E-state index < -0.39 is 12.1 Å². The quantitative estimate of drug-likeness (QED) is 0.744. The molecule has 1 aromatic rings. The monoisotopic (exact) mass is 266 g/mol. The van der Waals surface area contributed by atoms with E-state index >= 15 is 0 Å². The Bertz CT molecular complexity index is 417. The van der Waals surface area contributed by atoms with Gasteiger partial charge in [0.1, 0.15) is 5.75 Å². The molecule has 1 aromatic carbocycles. The van der Waals surface area contributed by atoms with Gasteiger partial charge in [-0.15, -0.1) is 0 Å². The summed E-state index contributed by atoms with van der Waals surface area (Å²) >= 11 is 0. The number of carboxylic acid groups (broad SMARTS) is 1. The number of unbranched alkanes of at least 4 members (excludes halogenated alkanes) is 1. The number of methoxy groups -OCH3 is 1. The van der Waals surface area contributed by atoms with E-state index in [9.17, 15) is 9.90 Å². The molecule has 19 heavy (non-hydrogen) atoms. The third-order valence-electron chi connectivity index (χ3n) is 3.19. The smallest absolute Gasteiger partial charge is 0.303 e. The second-order valence-electron chi connectivity index (χ2n) is 4.84. The molecule has 0 saturated carbocycles. The molecule has 0 aliphatic heterocycles. The maximum Gasteiger partial charge on any atom is 0.303 e. The molecule has 0 heterocycles. The van der Waals surface area contributed by atoms with Crippen LogP contribution >= 0.6 is 0 Å². The number of benzene rings is 1. The predicted octanol–water partition coefficient (Wildman–Crippen LogP) is 2.99. The van der Waals surface area contributed by atoms with E-state index in [1.165, 1.54) is 0 Å². The second-order valence-corrected chi connectivity index (χ2v) is 4.84. The highest BCUT2D eigenvalue weighted by molar-refractivity contribution is 5.66. The van der Waals surface area contributed by atoms with Crippen LogP contribution in [0.4, 0.5) is 0 Å². The summed E-state index contributed by atoms with van der Waals surface area (Å²) in [6, 6.07) is 3.85. The van der Waals surface area contributed by atoms with Gasteiger partial charge in [-0.05, 0) is 61.9 Å². The Labute approximate surface area is 114 Å². The largest absolute Gasteiger partial charge is 0.496 e. The first kappa shape index (κ1) is 15.5. The molecule has 0 amide bonds. The molecule has 1 unspecified atom stereocenters. The Morgan fingerprint density at radius 1 is 1.26 bits per heavy atom. The molecule has 0 spiro atoms. The first-order chi connectivity index (χ1) is 8.95. The number of aliphatic hydroxyl groups is 1. The Kier molecular flexibility index (Phi) is 5.83. The number of aryl methyl sites for hydroxylation is 2. The fourth-order valence-electron chi connectivity index (χ4n) is 2.28. The van der Waals surface area contributed by atoms with Crippen LogP contribution in [-0.4, -0.2) is 23.3 Å². The molecule has 0 radical (unpaired) electrons. The SMILES string of the molecule is COc1c(C)cc(C(O)CCCCC(=O)O)cc1C. The van der Waals surface area contributed by atoms with Gasteiger partial charge in [-0.25, -0.2) is 0 Å². The summed E-state index contributed by atoms with van der Waals surface area (Å²) in [5.74, 6) is 0.0625. The van der Waals surface area contributed by atoms with E-state index in [0.29, 0.717) is 19.3 Å². The summed E-state index contributed by atoms with van der Waals surface area (Å²) in [5.41, 5.74) is 2.87. The van der Waals surface area contributed by atoms with Gasteiger partial charge in [0, 0.05) is 6.42 Å². The van der Waals surface area contributed by atoms with Crippen LogP contribution in [0.3, 0.4) is 0 Å². The standard InChI is InChI=1S/C15H22O4/c1-10-8-12(9-11(2)15(10)19-3)13(16)6-4-5-7-14(17)18/h8-9,13,16H,4-7H2,1-3H3,(H,17,18). The topological polar surface area (TPSA) is 66.8 Å². The molecule has 0 bridgehead atoms. The van der Waals surface area contributed by atoms with Crippen molar-refractivity contribution in [2.75, 3.05) is 7.11 Å². The number of hydrogen-bond acceptors (Lipinski definition) is 3. The summed E-state index contributed by atoms with van der Waals surface area (Å²) < 4.78 is 5.29. The second kappa shape index (κ2) is 7.14. The van der Waals surface area contributed by atoms with Crippen LogP contribution in [-0.2, 0) is 4.79 Å². The van der Waals surface area contributed by atoms with Crippen LogP contribution in [0.5, 0.6) is 5.75 Å². The van der Waals surface area contributed by atoms with E-state index in [0.717, 1.165) is 22.4 Å². The number of ether oxygens (including phenoxy) is 1. The maximum atomic E-state index is 10.4. The minimum atomic E-state index is -0.786. The molecule has 106 valence electrons. The van der Waals surface area contributed by atoms with Crippen LogP contribution < -0.4 is 4.74 Å². The molecular formula is C15H22O4. The molecule has 0 aromatic heterocycles. The van der Waals surface area contributed by atoms with Gasteiger partial charge in [0.25, 0.3) is 0 Å². The fraction of sp³-hybridized carbons (Fsp3) is 0.533. The molecule has 2 N–H and O–H groups in total. The van der Waals surface area contributed by atoms with Crippen molar-refractivity contribution in [3.05, 3.63) is 28.8 Å². The average Bonchev–Trinajstić information content (AvgIpc) is 2.33. The summed E-state index contributed by atoms with van der Waals surface area (Å²) in [6.45, 7) is 3.90. The van der Waals surface area contributed by atoms with Crippen molar-refractivity contribution in [3.63, 3.8) is 0 Å². The number of aliphatic carboxylic acids is 1. The lowest BCUT2D eigenvalue weighted by molar-refractivity contribution is -0.137. The predicted molar refractivity (Wildman–Crippen MR) is 73.5 cm³/mol. The first-order valence-electron chi connectivity index (χ1n) is 6.50. The number of carbonyl (C=O) groups is 1. The lowest BCUT2D eigenvalue weighted by Crippen LogP contribution is -2.01. The van der Waals surface area contributed by atoms with E-state index in [4.69, 9.17) is 9.84 Å². The Morgan fingerprint density at radius 3 is 2.32 bits per heavy atom. The van der Waals surface area contributed by atoms with Crippen molar-refractivity contribution >= 4 is 5.97 Å². The Morgan fingerprint density at radius 2 is 1.84 bits per heavy atom. The minimum Gasteiger partial charge on any atom is -0.496 e. The summed E-state index contributed by atoms with van der Waals surface area (Å²) in [6.07, 6.45) is 1.50. The van der Waals surface area contributed by atoms with E-state index in [2.05, 4.69) is 0 Å². The van der Waals surface area contributed by atoms with Crippen LogP contribution in [0.1, 0.15) is 48.5 Å². The number of rotatable bonds is 7. The minimum absolute atomic E-state index is 0.160. The molecule has 0 fully saturated rings. The third-order valence-corrected chi connectivity index (χ3v) is 3.19. The molecule has 1 atom stereocenters. The third kappa shape index (κ3) is 4.56. The zero-order valence-corrected chi connectivity index (χ0v) is 11.8. The Hall–Kier alpha value is -1.55. The lowest BCUT2D eigenvalue weighted by atomic mass is 9.98. The van der Waals surface area contributed by atoms with E-state index in [-0.39, 0.29) is 6.42 Å². The number of carboxylic acids is 1. The van der Waals surface area contributed by atoms with E-state index in [1.807, 2.05) is 26.0 Å². The van der Waals surface area contributed by atoms with Gasteiger partial charge in [-0.1, -0.05) is 0 Å². The van der Waals surface area contributed by atoms with Crippen LogP contribution in [0, 0.1) is 13.8 Å². The van der Waals surface area contributed by atoms with Gasteiger partial charge in [-0.3, -0.25) is 4.79 Å². The molecule has 0 aliphatic rings. The summed E-state index contributed by atoms with van der Waals surface area (Å²) in [5, 5.41) is 18.7.